The minimum Gasteiger partial charge on any atom is -0.414 e. The molecule has 0 unspecified atom stereocenters. The lowest BCUT2D eigenvalue weighted by Gasteiger charge is -2.34. The summed E-state index contributed by atoms with van der Waals surface area (Å²) in [6.45, 7) is 2.61. The summed E-state index contributed by atoms with van der Waals surface area (Å²) in [4.78, 5) is 15.6. The van der Waals surface area contributed by atoms with Crippen LogP contribution in [0.2, 0.25) is 0 Å². The van der Waals surface area contributed by atoms with Crippen LogP contribution >= 0.6 is 0 Å². The average molecular weight is 199 g/mol. The molecule has 1 rings (SSSR count). The van der Waals surface area contributed by atoms with E-state index in [0.29, 0.717) is 12.6 Å². The zero-order valence-corrected chi connectivity index (χ0v) is 9.20. The highest BCUT2D eigenvalue weighted by atomic mass is 16.1. The number of carbonyl (C=O) groups is 1. The van der Waals surface area contributed by atoms with Gasteiger partial charge >= 0.3 is 0 Å². The first-order valence-electron chi connectivity index (χ1n) is 5.17. The fraction of sp³-hybridized carbons (Fsp3) is 0.800. The molecular formula is C10H21N3O. The van der Waals surface area contributed by atoms with Crippen molar-refractivity contribution in [3.05, 3.63) is 7.05 Å². The molecule has 1 amide bonds. The molecule has 1 aliphatic heterocycles. The van der Waals surface area contributed by atoms with E-state index in [1.165, 1.54) is 5.32 Å². The summed E-state index contributed by atoms with van der Waals surface area (Å²) in [5.41, 5.74) is 0. The highest BCUT2D eigenvalue weighted by Gasteiger charge is 2.21. The number of carbonyl (C=O) groups excluding carboxylic acids is 1. The topological polar surface area (TPSA) is 40.2 Å². The van der Waals surface area contributed by atoms with E-state index in [1.54, 1.807) is 0 Å². The van der Waals surface area contributed by atoms with E-state index in [4.69, 9.17) is 0 Å². The average Bonchev–Trinajstić information content (AvgIpc) is 2.18. The molecule has 0 spiro atoms. The maximum absolute atomic E-state index is 11.1. The summed E-state index contributed by atoms with van der Waals surface area (Å²) in [7, 11) is 7.73. The van der Waals surface area contributed by atoms with Crippen LogP contribution in [0.4, 0.5) is 0 Å². The number of hydrogen-bond acceptors (Lipinski definition) is 3. The first-order chi connectivity index (χ1) is 6.63. The van der Waals surface area contributed by atoms with Gasteiger partial charge in [0.1, 0.15) is 6.54 Å². The van der Waals surface area contributed by atoms with Gasteiger partial charge in [-0.05, 0) is 26.9 Å². The van der Waals surface area contributed by atoms with E-state index < -0.39 is 0 Å². The highest BCUT2D eigenvalue weighted by Crippen LogP contribution is 2.13. The molecule has 0 bridgehead atoms. The lowest BCUT2D eigenvalue weighted by Crippen LogP contribution is -2.83. The molecule has 0 radical (unpaired) electrons. The van der Waals surface area contributed by atoms with Gasteiger partial charge < -0.3 is 10.2 Å². The SMILES string of the molecule is [CH2-][NH2+]C(=O)CN1CCC(N(C)C)CC1. The summed E-state index contributed by atoms with van der Waals surface area (Å²) in [6.07, 6.45) is 2.33. The lowest BCUT2D eigenvalue weighted by molar-refractivity contribution is -0.507. The number of hydrogen-bond donors (Lipinski definition) is 1. The number of quaternary nitrogens is 1. The third-order valence-corrected chi connectivity index (χ3v) is 2.89. The van der Waals surface area contributed by atoms with E-state index >= 15 is 0 Å². The van der Waals surface area contributed by atoms with Crippen LogP contribution in [0.15, 0.2) is 0 Å². The van der Waals surface area contributed by atoms with Crippen LogP contribution in [0.25, 0.3) is 0 Å². The quantitative estimate of drug-likeness (QED) is 0.586. The van der Waals surface area contributed by atoms with Crippen molar-refractivity contribution in [1.29, 1.82) is 0 Å². The molecule has 1 saturated heterocycles. The van der Waals surface area contributed by atoms with Crippen LogP contribution in [0.1, 0.15) is 12.8 Å². The van der Waals surface area contributed by atoms with Crippen molar-refractivity contribution in [2.75, 3.05) is 33.7 Å². The molecule has 0 atom stereocenters. The van der Waals surface area contributed by atoms with Crippen LogP contribution < -0.4 is 5.32 Å². The molecular weight excluding hydrogens is 178 g/mol. The van der Waals surface area contributed by atoms with Crippen LogP contribution in [0.3, 0.4) is 0 Å². The lowest BCUT2D eigenvalue weighted by atomic mass is 10.0. The van der Waals surface area contributed by atoms with Gasteiger partial charge in [0, 0.05) is 19.1 Å². The van der Waals surface area contributed by atoms with E-state index in [-0.39, 0.29) is 5.91 Å². The Morgan fingerprint density at radius 1 is 1.50 bits per heavy atom. The minimum absolute atomic E-state index is 0.133. The van der Waals surface area contributed by atoms with Crippen molar-refractivity contribution in [2.24, 2.45) is 0 Å². The first kappa shape index (κ1) is 11.6. The predicted octanol–water partition coefficient (Wildman–Crippen LogP) is -1.11. The number of rotatable bonds is 3. The molecule has 14 heavy (non-hydrogen) atoms. The van der Waals surface area contributed by atoms with Crippen molar-refractivity contribution in [3.8, 4) is 0 Å². The Labute approximate surface area is 86.2 Å². The molecule has 82 valence electrons. The first-order valence-corrected chi connectivity index (χ1v) is 5.17. The maximum Gasteiger partial charge on any atom is 0.298 e. The molecule has 4 heteroatoms. The number of nitrogens with two attached hydrogens (primary N) is 1. The summed E-state index contributed by atoms with van der Waals surface area (Å²) in [5.74, 6) is 0.133. The van der Waals surface area contributed by atoms with Gasteiger partial charge in [-0.1, -0.05) is 0 Å². The molecule has 0 saturated carbocycles. The Morgan fingerprint density at radius 3 is 2.50 bits per heavy atom. The smallest absolute Gasteiger partial charge is 0.298 e. The Bertz CT molecular complexity index is 186. The molecule has 4 nitrogen and oxygen atoms in total. The highest BCUT2D eigenvalue weighted by molar-refractivity contribution is 5.67. The number of nitrogens with zero attached hydrogens (tertiary/aromatic N) is 2. The third kappa shape index (κ3) is 3.36. The Morgan fingerprint density at radius 2 is 2.07 bits per heavy atom. The fourth-order valence-electron chi connectivity index (χ4n) is 1.88. The molecule has 1 aliphatic rings. The molecule has 1 heterocycles. The van der Waals surface area contributed by atoms with Gasteiger partial charge in [-0.3, -0.25) is 4.90 Å². The molecule has 0 aliphatic carbocycles. The van der Waals surface area contributed by atoms with Crippen molar-refractivity contribution >= 4 is 5.91 Å². The molecule has 1 fully saturated rings. The van der Waals surface area contributed by atoms with Crippen LogP contribution in [-0.2, 0) is 4.79 Å². The van der Waals surface area contributed by atoms with Gasteiger partial charge in [0.15, 0.2) is 0 Å². The summed E-state index contributed by atoms with van der Waals surface area (Å²) in [5, 5.41) is 1.41. The normalized spacial score (nSPS) is 20.3. The zero-order valence-electron chi connectivity index (χ0n) is 9.20. The van der Waals surface area contributed by atoms with Gasteiger partial charge in [0.05, 0.1) is 0 Å². The van der Waals surface area contributed by atoms with Gasteiger partial charge in [0.25, 0.3) is 5.91 Å². The zero-order chi connectivity index (χ0) is 10.6. The van der Waals surface area contributed by atoms with E-state index in [1.807, 2.05) is 0 Å². The molecule has 2 N–H and O–H groups in total. The minimum atomic E-state index is 0.133. The van der Waals surface area contributed by atoms with Gasteiger partial charge in [-0.2, -0.15) is 0 Å². The van der Waals surface area contributed by atoms with E-state index in [9.17, 15) is 4.79 Å². The van der Waals surface area contributed by atoms with Gasteiger partial charge in [0.2, 0.25) is 0 Å². The van der Waals surface area contributed by atoms with Crippen molar-refractivity contribution < 1.29 is 10.1 Å². The molecule has 0 aromatic carbocycles. The standard InChI is InChI=1S/C10H21N3O/c1-11-10(14)8-13-6-4-9(5-7-13)12(2)3/h9H,1,4-8,11H2,2-3H3. The monoisotopic (exact) mass is 199 g/mol. The van der Waals surface area contributed by atoms with Crippen LogP contribution in [-0.4, -0.2) is 55.5 Å². The number of piperidine rings is 1. The molecule has 0 aromatic heterocycles. The van der Waals surface area contributed by atoms with Gasteiger partial charge in [-0.15, -0.1) is 7.05 Å². The Balaban J connectivity index is 2.25. The second kappa shape index (κ2) is 5.44. The van der Waals surface area contributed by atoms with Crippen LogP contribution in [0, 0.1) is 7.05 Å². The predicted molar refractivity (Wildman–Crippen MR) is 55.4 cm³/mol. The number of amides is 1. The third-order valence-electron chi connectivity index (χ3n) is 2.89. The number of likely N-dealkylation sites (tertiary alicyclic amines) is 1. The van der Waals surface area contributed by atoms with Crippen LogP contribution in [0.5, 0.6) is 0 Å². The second-order valence-corrected chi connectivity index (χ2v) is 4.14. The summed E-state index contributed by atoms with van der Waals surface area (Å²) >= 11 is 0. The summed E-state index contributed by atoms with van der Waals surface area (Å²) in [6, 6.07) is 0.685. The maximum atomic E-state index is 11.1. The number of primary amides is 1. The van der Waals surface area contributed by atoms with E-state index in [2.05, 4.69) is 30.9 Å². The van der Waals surface area contributed by atoms with Gasteiger partial charge in [-0.25, -0.2) is 4.79 Å². The molecule has 0 aromatic rings. The second-order valence-electron chi connectivity index (χ2n) is 4.14. The fourth-order valence-corrected chi connectivity index (χ4v) is 1.88. The Kier molecular flexibility index (Phi) is 4.51. The van der Waals surface area contributed by atoms with Crippen molar-refractivity contribution in [3.63, 3.8) is 0 Å². The van der Waals surface area contributed by atoms with E-state index in [0.717, 1.165) is 25.9 Å². The Hall–Kier alpha value is -0.450. The van der Waals surface area contributed by atoms with Crippen molar-refractivity contribution in [2.45, 2.75) is 18.9 Å². The van der Waals surface area contributed by atoms with Crippen molar-refractivity contribution in [1.82, 2.24) is 9.80 Å². The largest absolute Gasteiger partial charge is 0.414 e. The summed E-state index contributed by atoms with van der Waals surface area (Å²) < 4.78 is 0.